The van der Waals surface area contributed by atoms with Gasteiger partial charge in [-0.25, -0.2) is 0 Å². The molecule has 0 atom stereocenters. The maximum Gasteiger partial charge on any atom is 0.247 e. The van der Waals surface area contributed by atoms with Crippen LogP contribution in [0.3, 0.4) is 0 Å². The van der Waals surface area contributed by atoms with E-state index in [9.17, 15) is 0 Å². The van der Waals surface area contributed by atoms with Crippen LogP contribution in [0.4, 0.5) is 0 Å². The number of nitrogens with zero attached hydrogens (tertiary/aromatic N) is 2. The van der Waals surface area contributed by atoms with Gasteiger partial charge in [0.15, 0.2) is 0 Å². The van der Waals surface area contributed by atoms with E-state index in [4.69, 9.17) is 0 Å². The molecule has 0 bridgehead atoms. The van der Waals surface area contributed by atoms with E-state index in [1.54, 1.807) is 0 Å². The second kappa shape index (κ2) is 9.71. The first-order valence-corrected chi connectivity index (χ1v) is 17.7. The predicted octanol–water partition coefficient (Wildman–Crippen LogP) is 9.33. The van der Waals surface area contributed by atoms with Gasteiger partial charge < -0.3 is 9.13 Å². The molecular formula is C42H25BN2S2. The van der Waals surface area contributed by atoms with E-state index in [2.05, 4.69) is 161 Å². The van der Waals surface area contributed by atoms with Gasteiger partial charge in [0, 0.05) is 52.5 Å². The highest BCUT2D eigenvalue weighted by Crippen LogP contribution is 2.40. The lowest BCUT2D eigenvalue weighted by Crippen LogP contribution is -2.58. The third-order valence-electron chi connectivity index (χ3n) is 10.0. The molecule has 2 aliphatic rings. The van der Waals surface area contributed by atoms with E-state index in [0.29, 0.717) is 0 Å². The Hall–Kier alpha value is -5.10. The Morgan fingerprint density at radius 2 is 0.745 bits per heavy atom. The molecule has 0 spiro atoms. The smallest absolute Gasteiger partial charge is 0.247 e. The lowest BCUT2D eigenvalue weighted by atomic mass is 9.36. The van der Waals surface area contributed by atoms with Gasteiger partial charge in [-0.1, -0.05) is 113 Å². The Bertz CT molecular complexity index is 2480. The second-order valence-electron chi connectivity index (χ2n) is 12.5. The van der Waals surface area contributed by atoms with Crippen LogP contribution in [-0.4, -0.2) is 15.8 Å². The molecule has 9 aromatic rings. The van der Waals surface area contributed by atoms with Crippen LogP contribution >= 0.6 is 23.5 Å². The fourth-order valence-electron chi connectivity index (χ4n) is 8.09. The van der Waals surface area contributed by atoms with Crippen molar-refractivity contribution in [3.63, 3.8) is 0 Å². The Kier molecular flexibility index (Phi) is 5.38. The average molecular weight is 633 g/mol. The number of aromatic nitrogens is 2. The number of para-hydroxylation sites is 4. The van der Waals surface area contributed by atoms with Crippen molar-refractivity contribution in [3.05, 3.63) is 152 Å². The summed E-state index contributed by atoms with van der Waals surface area (Å²) in [5.41, 5.74) is 11.6. The Morgan fingerprint density at radius 1 is 0.362 bits per heavy atom. The summed E-state index contributed by atoms with van der Waals surface area (Å²) in [6.45, 7) is 0.148. The van der Waals surface area contributed by atoms with E-state index >= 15 is 0 Å². The van der Waals surface area contributed by atoms with E-state index in [1.807, 2.05) is 23.5 Å². The van der Waals surface area contributed by atoms with E-state index in [0.717, 1.165) is 0 Å². The zero-order chi connectivity index (χ0) is 30.6. The van der Waals surface area contributed by atoms with Crippen molar-refractivity contribution in [2.24, 2.45) is 0 Å². The van der Waals surface area contributed by atoms with E-state index < -0.39 is 0 Å². The zero-order valence-electron chi connectivity index (χ0n) is 25.2. The first-order valence-electron chi connectivity index (χ1n) is 16.1. The maximum atomic E-state index is 2.47. The molecule has 4 heterocycles. The number of hydrogen-bond acceptors (Lipinski definition) is 2. The average Bonchev–Trinajstić information content (AvgIpc) is 3.64. The summed E-state index contributed by atoms with van der Waals surface area (Å²) in [6.07, 6.45) is 0. The third-order valence-corrected chi connectivity index (χ3v) is 12.4. The van der Waals surface area contributed by atoms with Crippen LogP contribution in [0.1, 0.15) is 0 Å². The minimum atomic E-state index is 0.148. The number of benzene rings is 7. The van der Waals surface area contributed by atoms with Gasteiger partial charge in [0.25, 0.3) is 0 Å². The van der Waals surface area contributed by atoms with Gasteiger partial charge in [-0.05, 0) is 78.3 Å². The van der Waals surface area contributed by atoms with Crippen LogP contribution in [0, 0.1) is 0 Å². The summed E-state index contributed by atoms with van der Waals surface area (Å²) in [5.74, 6) is 0. The molecule has 47 heavy (non-hydrogen) atoms. The summed E-state index contributed by atoms with van der Waals surface area (Å²) in [4.78, 5) is 5.41. The molecule has 5 heteroatoms. The molecule has 218 valence electrons. The molecule has 0 aliphatic carbocycles. The van der Waals surface area contributed by atoms with Crippen LogP contribution in [0.25, 0.3) is 55.0 Å². The van der Waals surface area contributed by atoms with Gasteiger partial charge >= 0.3 is 0 Å². The lowest BCUT2D eigenvalue weighted by molar-refractivity contribution is 1.17. The molecule has 2 aliphatic heterocycles. The fourth-order valence-corrected chi connectivity index (χ4v) is 10.5. The maximum absolute atomic E-state index is 2.47. The molecule has 2 aromatic heterocycles. The lowest BCUT2D eigenvalue weighted by Gasteiger charge is -2.33. The van der Waals surface area contributed by atoms with Crippen molar-refractivity contribution in [1.82, 2.24) is 9.13 Å². The summed E-state index contributed by atoms with van der Waals surface area (Å²) in [6, 6.07) is 56.3. The molecule has 0 radical (unpaired) electrons. The molecule has 0 N–H and O–H groups in total. The molecule has 7 aromatic carbocycles. The molecule has 0 saturated heterocycles. The van der Waals surface area contributed by atoms with Crippen molar-refractivity contribution in [2.45, 2.75) is 19.6 Å². The minimum absolute atomic E-state index is 0.148. The first kappa shape index (κ1) is 26.0. The van der Waals surface area contributed by atoms with Crippen molar-refractivity contribution in [3.8, 4) is 11.4 Å². The normalized spacial score (nSPS) is 13.3. The Balaban J connectivity index is 1.17. The molecule has 0 saturated carbocycles. The number of fused-ring (bicyclic) bond motifs is 10. The van der Waals surface area contributed by atoms with Crippen molar-refractivity contribution in [2.75, 3.05) is 0 Å². The molecule has 0 fully saturated rings. The standard InChI is InChI=1S/C42H25BN2S2/c1-5-14-34-28(10-1)29-11-2-6-15-35(29)44(34)26-20-22-38-32(24-26)43-33-25-27(21-23-39(33)47-41-19-9-18-40(46-38)42(41)43)45-36-16-7-3-12-30(36)31-13-4-8-17-37(31)45/h1-25H. The minimum Gasteiger partial charge on any atom is -0.309 e. The van der Waals surface area contributed by atoms with Gasteiger partial charge in [0.2, 0.25) is 6.71 Å². The largest absolute Gasteiger partial charge is 0.309 e. The van der Waals surface area contributed by atoms with Gasteiger partial charge in [-0.15, -0.1) is 0 Å². The van der Waals surface area contributed by atoms with Crippen LogP contribution in [0.5, 0.6) is 0 Å². The molecule has 0 amide bonds. The third kappa shape index (κ3) is 3.61. The highest BCUT2D eigenvalue weighted by molar-refractivity contribution is 8.01. The molecular weight excluding hydrogens is 607 g/mol. The fraction of sp³-hybridized carbons (Fsp3) is 0. The topological polar surface area (TPSA) is 9.86 Å². The SMILES string of the molecule is c1cc2c3c(c1)Sc1ccc(-n4c5ccccc5c5ccccc54)cc1B3c1cc(-n3c4ccccc4c4ccccc43)ccc1S2. The van der Waals surface area contributed by atoms with Crippen molar-refractivity contribution >= 4 is 90.2 Å². The van der Waals surface area contributed by atoms with Gasteiger partial charge in [-0.3, -0.25) is 0 Å². The van der Waals surface area contributed by atoms with E-state index in [1.165, 1.54) is 91.0 Å². The van der Waals surface area contributed by atoms with Crippen LogP contribution < -0.4 is 16.4 Å². The van der Waals surface area contributed by atoms with Crippen molar-refractivity contribution in [1.29, 1.82) is 0 Å². The van der Waals surface area contributed by atoms with Crippen molar-refractivity contribution < 1.29 is 0 Å². The van der Waals surface area contributed by atoms with Crippen LogP contribution in [0.15, 0.2) is 171 Å². The van der Waals surface area contributed by atoms with Gasteiger partial charge in [0.1, 0.15) is 0 Å². The summed E-state index contributed by atoms with van der Waals surface area (Å²) >= 11 is 3.83. The molecule has 0 unspecified atom stereocenters. The van der Waals surface area contributed by atoms with E-state index in [-0.39, 0.29) is 6.71 Å². The summed E-state index contributed by atoms with van der Waals surface area (Å²) < 4.78 is 4.90. The zero-order valence-corrected chi connectivity index (χ0v) is 26.9. The molecule has 2 nitrogen and oxygen atoms in total. The number of rotatable bonds is 2. The monoisotopic (exact) mass is 632 g/mol. The predicted molar refractivity (Wildman–Crippen MR) is 201 cm³/mol. The summed E-state index contributed by atoms with van der Waals surface area (Å²) in [5, 5.41) is 5.16. The summed E-state index contributed by atoms with van der Waals surface area (Å²) in [7, 11) is 0. The quantitative estimate of drug-likeness (QED) is 0.176. The van der Waals surface area contributed by atoms with Gasteiger partial charge in [0.05, 0.1) is 22.1 Å². The first-order chi connectivity index (χ1) is 23.3. The highest BCUT2D eigenvalue weighted by atomic mass is 32.2. The Labute approximate surface area is 280 Å². The Morgan fingerprint density at radius 3 is 1.15 bits per heavy atom. The second-order valence-corrected chi connectivity index (χ2v) is 14.7. The van der Waals surface area contributed by atoms with Gasteiger partial charge in [-0.2, -0.15) is 0 Å². The van der Waals surface area contributed by atoms with Crippen LogP contribution in [0.2, 0.25) is 0 Å². The highest BCUT2D eigenvalue weighted by Gasteiger charge is 2.38. The number of hydrogen-bond donors (Lipinski definition) is 0. The molecule has 11 rings (SSSR count). The van der Waals surface area contributed by atoms with Crippen LogP contribution in [-0.2, 0) is 0 Å².